The zero-order valence-electron chi connectivity index (χ0n) is 12.5. The van der Waals surface area contributed by atoms with Crippen molar-refractivity contribution < 1.29 is 5.11 Å². The molecule has 22 heavy (non-hydrogen) atoms. The van der Waals surface area contributed by atoms with E-state index >= 15 is 0 Å². The second-order valence-corrected chi connectivity index (χ2v) is 6.53. The molecular formula is C14H16ClN5O2. The summed E-state index contributed by atoms with van der Waals surface area (Å²) in [6.45, 7) is 4.61. The zero-order chi connectivity index (χ0) is 16.1. The van der Waals surface area contributed by atoms with Gasteiger partial charge in [-0.05, 0) is 6.07 Å². The largest absolute Gasteiger partial charge is 0.386 e. The number of halogens is 1. The van der Waals surface area contributed by atoms with Crippen LogP contribution in [0.25, 0.3) is 11.1 Å². The number of fused-ring (bicyclic) bond motifs is 1. The average Bonchev–Trinajstić information content (AvgIpc) is 2.97. The van der Waals surface area contributed by atoms with E-state index in [9.17, 15) is 10.0 Å². The molecule has 0 saturated carbocycles. The average molecular weight is 322 g/mol. The first kappa shape index (κ1) is 14.9. The minimum atomic E-state index is -0.639. The van der Waals surface area contributed by atoms with Gasteiger partial charge < -0.3 is 5.11 Å². The molecule has 7 nitrogen and oxygen atoms in total. The Balaban J connectivity index is 2.13. The Labute approximate surface area is 132 Å². The maximum atomic E-state index is 10.7. The van der Waals surface area contributed by atoms with Crippen molar-refractivity contribution in [1.82, 2.24) is 14.8 Å². The Bertz CT molecular complexity index is 743. The number of nitroso groups, excluding NO2 is 1. The van der Waals surface area contributed by atoms with Crippen LogP contribution in [-0.2, 0) is 6.54 Å². The van der Waals surface area contributed by atoms with E-state index in [0.717, 1.165) is 16.3 Å². The van der Waals surface area contributed by atoms with E-state index in [1.54, 1.807) is 16.9 Å². The van der Waals surface area contributed by atoms with Crippen LogP contribution in [0.4, 0.5) is 5.82 Å². The van der Waals surface area contributed by atoms with Crippen molar-refractivity contribution in [2.24, 2.45) is 10.7 Å². The fourth-order valence-electron chi connectivity index (χ4n) is 2.71. The van der Waals surface area contributed by atoms with Crippen molar-refractivity contribution >= 4 is 17.4 Å². The summed E-state index contributed by atoms with van der Waals surface area (Å²) >= 11 is 6.25. The maximum absolute atomic E-state index is 10.7. The molecule has 0 spiro atoms. The highest BCUT2D eigenvalue weighted by Gasteiger charge is 2.41. The zero-order valence-corrected chi connectivity index (χ0v) is 13.2. The third kappa shape index (κ3) is 2.17. The highest BCUT2D eigenvalue weighted by atomic mass is 35.5. The van der Waals surface area contributed by atoms with Crippen molar-refractivity contribution in [3.63, 3.8) is 0 Å². The summed E-state index contributed by atoms with van der Waals surface area (Å²) in [5.41, 5.74) is 1.85. The van der Waals surface area contributed by atoms with Crippen LogP contribution in [0.15, 0.2) is 23.7 Å². The normalized spacial score (nSPS) is 19.0. The lowest BCUT2D eigenvalue weighted by atomic mass is 9.86. The highest BCUT2D eigenvalue weighted by Crippen LogP contribution is 2.46. The smallest absolute Gasteiger partial charge is 0.152 e. The Morgan fingerprint density at radius 3 is 2.86 bits per heavy atom. The van der Waals surface area contributed by atoms with E-state index in [1.807, 2.05) is 13.8 Å². The topological polar surface area (TPSA) is 83.6 Å². The molecule has 2 aromatic rings. The molecule has 0 aromatic carbocycles. The summed E-state index contributed by atoms with van der Waals surface area (Å²) in [7, 11) is 1.51. The number of hydrogen-bond donors (Lipinski definition) is 1. The van der Waals surface area contributed by atoms with E-state index in [1.165, 1.54) is 13.2 Å². The van der Waals surface area contributed by atoms with Crippen LogP contribution in [0.3, 0.4) is 0 Å². The summed E-state index contributed by atoms with van der Waals surface area (Å²) in [5, 5.41) is 19.3. The summed E-state index contributed by atoms with van der Waals surface area (Å²) in [6.07, 6.45) is 2.50. The van der Waals surface area contributed by atoms with Gasteiger partial charge in [0.15, 0.2) is 5.82 Å². The minimum absolute atomic E-state index is 0.290. The molecular weight excluding hydrogens is 306 g/mol. The van der Waals surface area contributed by atoms with E-state index in [0.29, 0.717) is 22.9 Å². The number of nitrogens with zero attached hydrogens (tertiary/aromatic N) is 5. The van der Waals surface area contributed by atoms with E-state index in [2.05, 4.69) is 15.4 Å². The molecule has 3 heterocycles. The molecule has 0 bridgehead atoms. The number of aromatic nitrogens is 3. The molecule has 116 valence electrons. The Kier molecular flexibility index (Phi) is 3.41. The van der Waals surface area contributed by atoms with Gasteiger partial charge in [-0.2, -0.15) is 5.10 Å². The number of aliphatic hydroxyl groups is 1. The molecule has 0 amide bonds. The minimum Gasteiger partial charge on any atom is -0.386 e. The highest BCUT2D eigenvalue weighted by molar-refractivity contribution is 6.33. The molecule has 1 N–H and O–H groups in total. The van der Waals surface area contributed by atoms with E-state index in [4.69, 9.17) is 11.6 Å². The third-order valence-corrected chi connectivity index (χ3v) is 4.32. The Morgan fingerprint density at radius 1 is 1.45 bits per heavy atom. The van der Waals surface area contributed by atoms with Gasteiger partial charge in [0.2, 0.25) is 0 Å². The molecule has 1 aliphatic rings. The quantitative estimate of drug-likeness (QED) is 0.694. The van der Waals surface area contributed by atoms with E-state index < -0.39 is 6.10 Å². The first-order chi connectivity index (χ1) is 10.3. The molecule has 0 aliphatic carbocycles. The van der Waals surface area contributed by atoms with Crippen molar-refractivity contribution in [1.29, 1.82) is 0 Å². The van der Waals surface area contributed by atoms with Crippen molar-refractivity contribution in [2.75, 3.05) is 12.1 Å². The van der Waals surface area contributed by atoms with Crippen LogP contribution in [-0.4, -0.2) is 26.9 Å². The van der Waals surface area contributed by atoms with Gasteiger partial charge in [-0.25, -0.2) is 9.99 Å². The molecule has 0 saturated heterocycles. The third-order valence-electron chi connectivity index (χ3n) is 4.02. The Hall–Kier alpha value is -1.99. The van der Waals surface area contributed by atoms with Gasteiger partial charge >= 0.3 is 0 Å². The lowest BCUT2D eigenvalue weighted by molar-refractivity contribution is 0.0649. The summed E-state index contributed by atoms with van der Waals surface area (Å²) in [6, 6.07) is 1.67. The second kappa shape index (κ2) is 5.03. The van der Waals surface area contributed by atoms with Crippen LogP contribution in [0.5, 0.6) is 0 Å². The lowest BCUT2D eigenvalue weighted by Crippen LogP contribution is -2.18. The number of pyridine rings is 1. The van der Waals surface area contributed by atoms with Crippen molar-refractivity contribution in [3.05, 3.63) is 34.1 Å². The van der Waals surface area contributed by atoms with Crippen LogP contribution in [0.2, 0.25) is 5.02 Å². The van der Waals surface area contributed by atoms with Gasteiger partial charge in [0.05, 0.1) is 22.2 Å². The summed E-state index contributed by atoms with van der Waals surface area (Å²) in [5.74, 6) is 0.376. The van der Waals surface area contributed by atoms with E-state index in [-0.39, 0.29) is 5.41 Å². The molecule has 1 atom stereocenters. The number of hydrogen-bond acceptors (Lipinski definition) is 5. The molecule has 1 aliphatic heterocycles. The fraction of sp³-hybridized carbons (Fsp3) is 0.429. The number of anilines is 1. The predicted molar refractivity (Wildman–Crippen MR) is 83.4 cm³/mol. The molecule has 1 unspecified atom stereocenters. The maximum Gasteiger partial charge on any atom is 0.152 e. The van der Waals surface area contributed by atoms with Crippen LogP contribution in [0, 0.1) is 10.3 Å². The fourth-order valence-corrected chi connectivity index (χ4v) is 2.92. The molecule has 2 aromatic heterocycles. The summed E-state index contributed by atoms with van der Waals surface area (Å²) in [4.78, 5) is 14.7. The van der Waals surface area contributed by atoms with Crippen LogP contribution in [0.1, 0.15) is 25.6 Å². The van der Waals surface area contributed by atoms with Gasteiger partial charge in [-0.1, -0.05) is 25.4 Å². The van der Waals surface area contributed by atoms with Crippen molar-refractivity contribution in [3.8, 4) is 11.1 Å². The molecule has 0 radical (unpaired) electrons. The van der Waals surface area contributed by atoms with Gasteiger partial charge in [-0.3, -0.25) is 4.68 Å². The summed E-state index contributed by atoms with van der Waals surface area (Å²) < 4.78 is 1.79. The van der Waals surface area contributed by atoms with Gasteiger partial charge in [0.1, 0.15) is 6.10 Å². The SMILES string of the molecule is CN(N=O)c1cc(-c2cnn3c2C(O)C(C)(C)C3)c(Cl)cn1. The second-order valence-electron chi connectivity index (χ2n) is 6.12. The lowest BCUT2D eigenvalue weighted by Gasteiger charge is -2.21. The molecule has 3 rings (SSSR count). The van der Waals surface area contributed by atoms with Gasteiger partial charge in [-0.15, -0.1) is 4.91 Å². The number of aliphatic hydroxyl groups excluding tert-OH is 1. The monoisotopic (exact) mass is 321 g/mol. The van der Waals surface area contributed by atoms with Gasteiger partial charge in [0.25, 0.3) is 0 Å². The Morgan fingerprint density at radius 2 is 2.18 bits per heavy atom. The van der Waals surface area contributed by atoms with Crippen LogP contribution >= 0.6 is 11.6 Å². The first-order valence-electron chi connectivity index (χ1n) is 6.82. The van der Waals surface area contributed by atoms with Crippen molar-refractivity contribution in [2.45, 2.75) is 26.5 Å². The van der Waals surface area contributed by atoms with Crippen LogP contribution < -0.4 is 5.01 Å². The first-order valence-corrected chi connectivity index (χ1v) is 7.19. The predicted octanol–water partition coefficient (Wildman–Crippen LogP) is 2.79. The van der Waals surface area contributed by atoms with Gasteiger partial charge in [0, 0.05) is 36.3 Å². The standard InChI is InChI=1S/C14H16ClN5O2/c1-14(2)7-20-12(13(14)21)9(5-17-20)8-4-11(19(3)18-22)16-6-10(8)15/h4-6,13,21H,7H2,1-3H3. The molecule has 8 heteroatoms. The number of rotatable bonds is 3. The molecule has 0 fully saturated rings.